The zero-order valence-electron chi connectivity index (χ0n) is 14.8. The number of hydrogen-bond acceptors (Lipinski definition) is 7. The second-order valence-corrected chi connectivity index (χ2v) is 9.03. The van der Waals surface area contributed by atoms with Crippen LogP contribution >= 0.6 is 23.1 Å². The lowest BCUT2D eigenvalue weighted by atomic mass is 10.0. The lowest BCUT2D eigenvalue weighted by Gasteiger charge is -2.10. The average Bonchev–Trinajstić information content (AvgIpc) is 3.38. The number of nitrogens with zero attached hydrogens (tertiary/aromatic N) is 5. The van der Waals surface area contributed by atoms with E-state index in [0.717, 1.165) is 35.8 Å². The van der Waals surface area contributed by atoms with Crippen LogP contribution in [-0.2, 0) is 24.1 Å². The summed E-state index contributed by atoms with van der Waals surface area (Å²) in [6.07, 6.45) is 10.4. The zero-order valence-corrected chi connectivity index (χ0v) is 16.4. The van der Waals surface area contributed by atoms with Crippen molar-refractivity contribution in [3.8, 4) is 0 Å². The second-order valence-electron chi connectivity index (χ2n) is 6.92. The molecule has 2 aromatic heterocycles. The first-order valence-corrected chi connectivity index (χ1v) is 11.2. The van der Waals surface area contributed by atoms with E-state index in [-0.39, 0.29) is 5.91 Å². The number of thioether (sulfide) groups is 1. The molecule has 0 unspecified atom stereocenters. The van der Waals surface area contributed by atoms with E-state index in [1.807, 2.05) is 16.0 Å². The van der Waals surface area contributed by atoms with Crippen LogP contribution in [0.1, 0.15) is 60.1 Å². The molecule has 0 bridgehead atoms. The lowest BCUT2D eigenvalue weighted by Crippen LogP contribution is -2.27. The minimum atomic E-state index is 0.0253. The van der Waals surface area contributed by atoms with E-state index in [1.54, 1.807) is 0 Å². The van der Waals surface area contributed by atoms with Crippen molar-refractivity contribution < 1.29 is 4.79 Å². The molecule has 26 heavy (non-hydrogen) atoms. The van der Waals surface area contributed by atoms with Crippen molar-refractivity contribution in [2.75, 3.05) is 12.3 Å². The number of nitrogens with one attached hydrogen (secondary N) is 1. The van der Waals surface area contributed by atoms with Gasteiger partial charge in [0.1, 0.15) is 0 Å². The molecule has 0 saturated heterocycles. The van der Waals surface area contributed by atoms with Gasteiger partial charge in [0.2, 0.25) is 11.1 Å². The van der Waals surface area contributed by atoms with Gasteiger partial charge in [-0.2, -0.15) is 0 Å². The number of fused-ring (bicyclic) bond motifs is 1. The number of hydrogen-bond donors (Lipinski definition) is 1. The lowest BCUT2D eigenvalue weighted by molar-refractivity contribution is -0.118. The summed E-state index contributed by atoms with van der Waals surface area (Å²) in [5, 5.41) is 16.9. The van der Waals surface area contributed by atoms with Gasteiger partial charge < -0.3 is 5.32 Å². The summed E-state index contributed by atoms with van der Waals surface area (Å²) in [5.74, 6) is 0.374. The summed E-state index contributed by atoms with van der Waals surface area (Å²) in [4.78, 5) is 18.3. The van der Waals surface area contributed by atoms with Crippen LogP contribution < -0.4 is 5.32 Å². The first-order chi connectivity index (χ1) is 12.8. The molecule has 140 valence electrons. The van der Waals surface area contributed by atoms with E-state index >= 15 is 0 Å². The summed E-state index contributed by atoms with van der Waals surface area (Å²) >= 11 is 3.24. The molecule has 1 fully saturated rings. The molecule has 2 aliphatic rings. The van der Waals surface area contributed by atoms with Crippen molar-refractivity contribution in [1.82, 2.24) is 30.5 Å². The minimum Gasteiger partial charge on any atom is -0.355 e. The number of thiazole rings is 1. The summed E-state index contributed by atoms with van der Waals surface area (Å²) < 4.78 is 1.89. The Bertz CT molecular complexity index is 729. The van der Waals surface area contributed by atoms with Crippen molar-refractivity contribution in [3.05, 3.63) is 15.6 Å². The van der Waals surface area contributed by atoms with Crippen LogP contribution in [0.5, 0.6) is 0 Å². The molecule has 2 aromatic rings. The number of carbonyl (C=O) groups is 1. The van der Waals surface area contributed by atoms with Gasteiger partial charge in [-0.05, 0) is 49.0 Å². The monoisotopic (exact) mass is 392 g/mol. The van der Waals surface area contributed by atoms with Gasteiger partial charge in [0.05, 0.1) is 22.5 Å². The molecular formula is C17H24N6OS2. The van der Waals surface area contributed by atoms with Crippen molar-refractivity contribution in [2.45, 2.75) is 69.0 Å². The van der Waals surface area contributed by atoms with Crippen LogP contribution in [0.25, 0.3) is 0 Å². The van der Waals surface area contributed by atoms with Gasteiger partial charge in [0, 0.05) is 17.8 Å². The smallest absolute Gasteiger partial charge is 0.230 e. The Hall–Kier alpha value is -1.48. The summed E-state index contributed by atoms with van der Waals surface area (Å²) in [5.41, 5.74) is 1.29. The summed E-state index contributed by atoms with van der Waals surface area (Å²) in [6, 6.07) is 0.395. The molecule has 1 N–H and O–H groups in total. The third kappa shape index (κ3) is 4.25. The van der Waals surface area contributed by atoms with Crippen molar-refractivity contribution >= 4 is 29.0 Å². The number of rotatable bonds is 7. The van der Waals surface area contributed by atoms with Crippen LogP contribution in [0.2, 0.25) is 0 Å². The van der Waals surface area contributed by atoms with Gasteiger partial charge in [0.15, 0.2) is 0 Å². The van der Waals surface area contributed by atoms with Gasteiger partial charge >= 0.3 is 0 Å². The van der Waals surface area contributed by atoms with E-state index in [0.29, 0.717) is 18.3 Å². The Kier molecular flexibility index (Phi) is 5.84. The van der Waals surface area contributed by atoms with Crippen LogP contribution in [0.3, 0.4) is 0 Å². The maximum atomic E-state index is 12.1. The molecule has 4 rings (SSSR count). The van der Waals surface area contributed by atoms with Gasteiger partial charge in [-0.1, -0.05) is 24.6 Å². The maximum Gasteiger partial charge on any atom is 0.230 e. The van der Waals surface area contributed by atoms with Crippen LogP contribution in [-0.4, -0.2) is 43.4 Å². The molecule has 0 atom stereocenters. The average molecular weight is 393 g/mol. The molecule has 0 aromatic carbocycles. The summed E-state index contributed by atoms with van der Waals surface area (Å²) in [7, 11) is 0. The van der Waals surface area contributed by atoms with Crippen LogP contribution in [0, 0.1) is 0 Å². The van der Waals surface area contributed by atoms with E-state index in [9.17, 15) is 4.79 Å². The number of carbonyl (C=O) groups excluding carboxylic acids is 1. The topological polar surface area (TPSA) is 85.6 Å². The highest BCUT2D eigenvalue weighted by atomic mass is 32.2. The standard InChI is InChI=1S/C17H24N6OS2/c24-15(11-25-17-20-21-22-23(17)12-5-1-2-6-12)18-10-9-16-19-13-7-3-4-8-14(13)26-16/h12H,1-11H2,(H,18,24). The third-order valence-corrected chi connectivity index (χ3v) is 7.17. The predicted octanol–water partition coefficient (Wildman–Crippen LogP) is 2.57. The number of tetrazole rings is 1. The van der Waals surface area contributed by atoms with E-state index in [4.69, 9.17) is 4.98 Å². The normalized spacial score (nSPS) is 17.4. The Morgan fingerprint density at radius 2 is 2.08 bits per heavy atom. The molecule has 0 aliphatic heterocycles. The molecule has 0 radical (unpaired) electrons. The van der Waals surface area contributed by atoms with Gasteiger partial charge in [-0.3, -0.25) is 4.79 Å². The molecular weight excluding hydrogens is 368 g/mol. The maximum absolute atomic E-state index is 12.1. The first kappa shape index (κ1) is 17.9. The molecule has 2 heterocycles. The molecule has 1 saturated carbocycles. The Labute approximate surface area is 161 Å². The fourth-order valence-corrected chi connectivity index (χ4v) is 5.59. The van der Waals surface area contributed by atoms with Crippen molar-refractivity contribution in [2.24, 2.45) is 0 Å². The van der Waals surface area contributed by atoms with Gasteiger partial charge in [0.25, 0.3) is 0 Å². The van der Waals surface area contributed by atoms with Gasteiger partial charge in [-0.25, -0.2) is 9.67 Å². The molecule has 0 spiro atoms. The summed E-state index contributed by atoms with van der Waals surface area (Å²) in [6.45, 7) is 0.638. The quantitative estimate of drug-likeness (QED) is 0.729. The molecule has 7 nitrogen and oxygen atoms in total. The second kappa shape index (κ2) is 8.47. The first-order valence-electron chi connectivity index (χ1n) is 9.44. The van der Waals surface area contributed by atoms with E-state index < -0.39 is 0 Å². The zero-order chi connectivity index (χ0) is 17.8. The number of aryl methyl sites for hydroxylation is 2. The van der Waals surface area contributed by atoms with Crippen molar-refractivity contribution in [3.63, 3.8) is 0 Å². The highest BCUT2D eigenvalue weighted by Crippen LogP contribution is 2.31. The Morgan fingerprint density at radius 1 is 1.23 bits per heavy atom. The Morgan fingerprint density at radius 3 is 2.92 bits per heavy atom. The number of amides is 1. The largest absolute Gasteiger partial charge is 0.355 e. The fraction of sp³-hybridized carbons (Fsp3) is 0.706. The minimum absolute atomic E-state index is 0.0253. The third-order valence-electron chi connectivity index (χ3n) is 5.02. The highest BCUT2D eigenvalue weighted by molar-refractivity contribution is 7.99. The SMILES string of the molecule is O=C(CSc1nnnn1C1CCCC1)NCCc1nc2c(s1)CCCC2. The predicted molar refractivity (Wildman–Crippen MR) is 102 cm³/mol. The van der Waals surface area contributed by atoms with Crippen LogP contribution in [0.15, 0.2) is 5.16 Å². The molecule has 2 aliphatic carbocycles. The molecule has 1 amide bonds. The molecule has 9 heteroatoms. The van der Waals surface area contributed by atoms with E-state index in [2.05, 4.69) is 20.8 Å². The highest BCUT2D eigenvalue weighted by Gasteiger charge is 2.22. The van der Waals surface area contributed by atoms with E-state index in [1.165, 1.54) is 54.4 Å². The van der Waals surface area contributed by atoms with Gasteiger partial charge in [-0.15, -0.1) is 16.4 Å². The fourth-order valence-electron chi connectivity index (χ4n) is 3.66. The Balaban J connectivity index is 1.21. The number of aromatic nitrogens is 5. The van der Waals surface area contributed by atoms with Crippen LogP contribution in [0.4, 0.5) is 0 Å². The van der Waals surface area contributed by atoms with Crippen molar-refractivity contribution in [1.29, 1.82) is 0 Å².